The second-order valence-corrected chi connectivity index (χ2v) is 6.41. The Morgan fingerprint density at radius 3 is 2.76 bits per heavy atom. The maximum Gasteiger partial charge on any atom is 0.270 e. The number of nitro benzene ring substituents is 1. The van der Waals surface area contributed by atoms with E-state index in [1.807, 2.05) is 0 Å². The zero-order valence-electron chi connectivity index (χ0n) is 13.5. The van der Waals surface area contributed by atoms with E-state index in [-0.39, 0.29) is 5.69 Å². The van der Waals surface area contributed by atoms with Crippen LogP contribution >= 0.6 is 0 Å². The molecule has 25 heavy (non-hydrogen) atoms. The predicted octanol–water partition coefficient (Wildman–Crippen LogP) is 3.32. The molecule has 0 aliphatic heterocycles. The summed E-state index contributed by atoms with van der Waals surface area (Å²) < 4.78 is 1.66. The number of rotatable bonds is 4. The molecule has 1 aliphatic rings. The molecule has 1 fully saturated rings. The maximum atomic E-state index is 11.8. The molecule has 4 rings (SSSR count). The Bertz CT molecular complexity index is 973. The molecule has 3 aromatic rings. The summed E-state index contributed by atoms with van der Waals surface area (Å²) in [6.45, 7) is 0. The van der Waals surface area contributed by atoms with Crippen molar-refractivity contribution in [1.82, 2.24) is 14.6 Å². The van der Waals surface area contributed by atoms with Crippen molar-refractivity contribution >= 4 is 17.6 Å². The number of non-ortho nitro benzene ring substituents is 1. The fourth-order valence-corrected chi connectivity index (χ4v) is 3.70. The van der Waals surface area contributed by atoms with Crippen LogP contribution < -0.4 is 0 Å². The van der Waals surface area contributed by atoms with Crippen molar-refractivity contribution < 1.29 is 9.72 Å². The molecule has 0 bridgehead atoms. The van der Waals surface area contributed by atoms with Crippen LogP contribution in [0.4, 0.5) is 5.69 Å². The average Bonchev–Trinajstić information content (AvgIpc) is 3.29. The fraction of sp³-hybridized carbons (Fsp3) is 0.278. The van der Waals surface area contributed by atoms with Gasteiger partial charge in [-0.1, -0.05) is 25.0 Å². The van der Waals surface area contributed by atoms with Gasteiger partial charge in [0.2, 0.25) is 0 Å². The largest absolute Gasteiger partial charge is 0.302 e. The van der Waals surface area contributed by atoms with Gasteiger partial charge in [-0.25, -0.2) is 9.50 Å². The normalized spacial score (nSPS) is 16.2. The molecule has 7 nitrogen and oxygen atoms in total. The minimum atomic E-state index is -0.518. The van der Waals surface area contributed by atoms with Crippen LogP contribution in [0.25, 0.3) is 16.9 Å². The van der Waals surface area contributed by atoms with Gasteiger partial charge in [0.25, 0.3) is 5.69 Å². The summed E-state index contributed by atoms with van der Waals surface area (Å²) in [6.07, 6.45) is 8.03. The van der Waals surface area contributed by atoms with Crippen LogP contribution in [0, 0.1) is 10.1 Å². The van der Waals surface area contributed by atoms with E-state index in [4.69, 9.17) is 0 Å². The molecular formula is C18H16N4O3. The van der Waals surface area contributed by atoms with E-state index >= 15 is 0 Å². The van der Waals surface area contributed by atoms with Gasteiger partial charge >= 0.3 is 0 Å². The molecule has 1 aromatic carbocycles. The lowest BCUT2D eigenvalue weighted by atomic mass is 9.82. The highest BCUT2D eigenvalue weighted by atomic mass is 16.6. The van der Waals surface area contributed by atoms with Crippen LogP contribution in [0.15, 0.2) is 42.7 Å². The summed E-state index contributed by atoms with van der Waals surface area (Å²) in [7, 11) is 0. The van der Waals surface area contributed by atoms with Crippen LogP contribution in [0.5, 0.6) is 0 Å². The van der Waals surface area contributed by atoms with Gasteiger partial charge in [0.05, 0.1) is 22.2 Å². The van der Waals surface area contributed by atoms with E-state index in [1.54, 1.807) is 35.1 Å². The van der Waals surface area contributed by atoms with Crippen molar-refractivity contribution in [1.29, 1.82) is 0 Å². The summed E-state index contributed by atoms with van der Waals surface area (Å²) in [6, 6.07) is 8.19. The smallest absolute Gasteiger partial charge is 0.270 e. The topological polar surface area (TPSA) is 90.4 Å². The van der Waals surface area contributed by atoms with Crippen LogP contribution in [0.3, 0.4) is 0 Å². The predicted molar refractivity (Wildman–Crippen MR) is 91.3 cm³/mol. The molecule has 0 radical (unpaired) electrons. The van der Waals surface area contributed by atoms with Gasteiger partial charge in [-0.3, -0.25) is 10.1 Å². The molecule has 0 spiro atoms. The van der Waals surface area contributed by atoms with E-state index < -0.39 is 10.3 Å². The molecular weight excluding hydrogens is 320 g/mol. The van der Waals surface area contributed by atoms with E-state index in [0.29, 0.717) is 16.9 Å². The van der Waals surface area contributed by atoms with Gasteiger partial charge in [-0.05, 0) is 18.9 Å². The van der Waals surface area contributed by atoms with Gasteiger partial charge in [0, 0.05) is 29.5 Å². The second kappa shape index (κ2) is 5.77. The number of aldehydes is 1. The van der Waals surface area contributed by atoms with E-state index in [2.05, 4.69) is 10.1 Å². The van der Waals surface area contributed by atoms with Crippen molar-refractivity contribution in [3.63, 3.8) is 0 Å². The van der Waals surface area contributed by atoms with Gasteiger partial charge in [0.15, 0.2) is 5.65 Å². The minimum Gasteiger partial charge on any atom is -0.302 e. The molecule has 0 unspecified atom stereocenters. The standard InChI is InChI=1S/C18H16N4O3/c23-12-18(7-1-2-8-18)15-11-20-21-16(6-9-19-17(15)21)13-4-3-5-14(10-13)22(24)25/h3-6,9-12H,1-2,7-8H2. The highest BCUT2D eigenvalue weighted by Crippen LogP contribution is 2.41. The van der Waals surface area contributed by atoms with E-state index in [9.17, 15) is 14.9 Å². The first-order valence-electron chi connectivity index (χ1n) is 8.19. The average molecular weight is 336 g/mol. The number of carbonyl (C=O) groups excluding carboxylic acids is 1. The SMILES string of the molecule is O=CC1(c2cnn3c(-c4cccc([N+](=O)[O-])c4)ccnc23)CCCC1. The minimum absolute atomic E-state index is 0.0231. The van der Waals surface area contributed by atoms with Crippen molar-refractivity contribution in [3.8, 4) is 11.3 Å². The molecule has 126 valence electrons. The monoisotopic (exact) mass is 336 g/mol. The third-order valence-electron chi connectivity index (χ3n) is 5.01. The summed E-state index contributed by atoms with van der Waals surface area (Å²) in [5.41, 5.74) is 2.37. The first kappa shape index (κ1) is 15.4. The number of carbonyl (C=O) groups is 1. The number of nitro groups is 1. The summed E-state index contributed by atoms with van der Waals surface area (Å²) in [5, 5.41) is 15.5. The molecule has 7 heteroatoms. The molecule has 0 amide bonds. The number of nitrogens with zero attached hydrogens (tertiary/aromatic N) is 4. The lowest BCUT2D eigenvalue weighted by molar-refractivity contribution is -0.384. The zero-order valence-corrected chi connectivity index (χ0v) is 13.5. The Morgan fingerprint density at radius 2 is 2.04 bits per heavy atom. The Balaban J connectivity index is 1.89. The van der Waals surface area contributed by atoms with Crippen molar-refractivity contribution in [2.24, 2.45) is 0 Å². The van der Waals surface area contributed by atoms with Crippen molar-refractivity contribution in [2.75, 3.05) is 0 Å². The second-order valence-electron chi connectivity index (χ2n) is 6.41. The number of fused-ring (bicyclic) bond motifs is 1. The molecule has 2 heterocycles. The molecule has 1 aliphatic carbocycles. The van der Waals surface area contributed by atoms with Crippen LogP contribution in [0.2, 0.25) is 0 Å². The highest BCUT2D eigenvalue weighted by molar-refractivity contribution is 5.75. The lowest BCUT2D eigenvalue weighted by Crippen LogP contribution is -2.23. The maximum absolute atomic E-state index is 11.8. The Morgan fingerprint density at radius 1 is 1.24 bits per heavy atom. The fourth-order valence-electron chi connectivity index (χ4n) is 3.70. The first-order valence-corrected chi connectivity index (χ1v) is 8.19. The molecule has 2 aromatic heterocycles. The van der Waals surface area contributed by atoms with E-state index in [1.165, 1.54) is 12.1 Å². The third-order valence-corrected chi connectivity index (χ3v) is 5.01. The molecule has 1 saturated carbocycles. The Labute approximate surface area is 143 Å². The quantitative estimate of drug-likeness (QED) is 0.414. The Hall–Kier alpha value is -3.09. The number of aromatic nitrogens is 3. The van der Waals surface area contributed by atoms with Gasteiger partial charge in [0.1, 0.15) is 6.29 Å². The van der Waals surface area contributed by atoms with Crippen molar-refractivity contribution in [2.45, 2.75) is 31.1 Å². The molecule has 0 atom stereocenters. The highest BCUT2D eigenvalue weighted by Gasteiger charge is 2.38. The number of benzene rings is 1. The van der Waals surface area contributed by atoms with Crippen LogP contribution in [-0.4, -0.2) is 25.8 Å². The van der Waals surface area contributed by atoms with Gasteiger partial charge < -0.3 is 4.79 Å². The summed E-state index contributed by atoms with van der Waals surface area (Å²) >= 11 is 0. The number of hydrogen-bond donors (Lipinski definition) is 0. The first-order chi connectivity index (χ1) is 12.1. The van der Waals surface area contributed by atoms with Crippen LogP contribution in [0.1, 0.15) is 31.2 Å². The number of hydrogen-bond acceptors (Lipinski definition) is 5. The lowest BCUT2D eigenvalue weighted by Gasteiger charge is -2.20. The van der Waals surface area contributed by atoms with Crippen molar-refractivity contribution in [3.05, 3.63) is 58.4 Å². The Kier molecular flexibility index (Phi) is 3.56. The van der Waals surface area contributed by atoms with E-state index in [0.717, 1.165) is 37.5 Å². The summed E-state index contributed by atoms with van der Waals surface area (Å²) in [5.74, 6) is 0. The third kappa shape index (κ3) is 2.39. The molecule has 0 saturated heterocycles. The zero-order chi connectivity index (χ0) is 17.4. The van der Waals surface area contributed by atoms with Gasteiger partial charge in [-0.2, -0.15) is 5.10 Å². The van der Waals surface area contributed by atoms with Gasteiger partial charge in [-0.15, -0.1) is 0 Å². The summed E-state index contributed by atoms with van der Waals surface area (Å²) in [4.78, 5) is 26.9. The van der Waals surface area contributed by atoms with Crippen LogP contribution in [-0.2, 0) is 10.2 Å². The molecule has 0 N–H and O–H groups in total.